The van der Waals surface area contributed by atoms with E-state index >= 15 is 0 Å². The second-order valence-corrected chi connectivity index (χ2v) is 12.2. The first kappa shape index (κ1) is 29.1. The van der Waals surface area contributed by atoms with E-state index in [1.165, 1.54) is 29.4 Å². The first-order valence-electron chi connectivity index (χ1n) is 12.1. The van der Waals surface area contributed by atoms with Gasteiger partial charge in [0, 0.05) is 11.5 Å². The maximum absolute atomic E-state index is 12.2. The summed E-state index contributed by atoms with van der Waals surface area (Å²) in [6.07, 6.45) is 1.52. The predicted molar refractivity (Wildman–Crippen MR) is 163 cm³/mol. The zero-order valence-electron chi connectivity index (χ0n) is 21.1. The molecule has 0 aliphatic carbocycles. The van der Waals surface area contributed by atoms with Crippen LogP contribution in [0, 0.1) is 3.57 Å². The molecule has 1 amide bonds. The molecule has 0 aromatic heterocycles. The van der Waals surface area contributed by atoms with E-state index in [1.54, 1.807) is 24.3 Å². The zero-order chi connectivity index (χ0) is 27.6. The summed E-state index contributed by atoms with van der Waals surface area (Å²) in [7, 11) is 0. The SMILES string of the molecule is CCOc1cc(/C=N\NC(=O)COc2ccc(C3SCCS3)cc2)cc(I)c1OCc1cccc(C(=O)O)c1. The summed E-state index contributed by atoms with van der Waals surface area (Å²) in [5.41, 5.74) is 5.38. The molecule has 0 bridgehead atoms. The minimum absolute atomic E-state index is 0.152. The monoisotopic (exact) mass is 678 g/mol. The molecule has 11 heteroatoms. The lowest BCUT2D eigenvalue weighted by molar-refractivity contribution is -0.123. The Labute approximate surface area is 249 Å². The van der Waals surface area contributed by atoms with E-state index in [0.29, 0.717) is 34.0 Å². The van der Waals surface area contributed by atoms with Gasteiger partial charge in [0.2, 0.25) is 0 Å². The van der Waals surface area contributed by atoms with Crippen LogP contribution in [0.15, 0.2) is 65.8 Å². The van der Waals surface area contributed by atoms with Gasteiger partial charge in [-0.3, -0.25) is 4.79 Å². The van der Waals surface area contributed by atoms with Crippen molar-refractivity contribution >= 4 is 64.2 Å². The number of carbonyl (C=O) groups is 2. The molecule has 8 nitrogen and oxygen atoms in total. The van der Waals surface area contributed by atoms with Crippen LogP contribution in [0.5, 0.6) is 17.2 Å². The highest BCUT2D eigenvalue weighted by molar-refractivity contribution is 14.1. The average molecular weight is 679 g/mol. The Morgan fingerprint density at radius 3 is 2.56 bits per heavy atom. The van der Waals surface area contributed by atoms with E-state index in [1.807, 2.05) is 60.8 Å². The van der Waals surface area contributed by atoms with Gasteiger partial charge < -0.3 is 19.3 Å². The largest absolute Gasteiger partial charge is 0.490 e. The molecule has 3 aromatic rings. The van der Waals surface area contributed by atoms with Gasteiger partial charge in [0.15, 0.2) is 18.1 Å². The minimum atomic E-state index is -0.990. The summed E-state index contributed by atoms with van der Waals surface area (Å²) in [4.78, 5) is 23.5. The summed E-state index contributed by atoms with van der Waals surface area (Å²) in [6.45, 7) is 2.33. The Morgan fingerprint density at radius 2 is 1.85 bits per heavy atom. The third-order valence-electron chi connectivity index (χ3n) is 5.44. The molecule has 1 aliphatic rings. The number of hydrogen-bond acceptors (Lipinski definition) is 8. The van der Waals surface area contributed by atoms with Gasteiger partial charge >= 0.3 is 5.97 Å². The molecule has 0 unspecified atom stereocenters. The van der Waals surface area contributed by atoms with E-state index in [2.05, 4.69) is 33.1 Å². The number of hydrazone groups is 1. The summed E-state index contributed by atoms with van der Waals surface area (Å²) in [5.74, 6) is 2.67. The number of carboxylic acids is 1. The van der Waals surface area contributed by atoms with Gasteiger partial charge in [-0.15, -0.1) is 23.5 Å². The second kappa shape index (κ2) is 14.5. The van der Waals surface area contributed by atoms with Crippen molar-refractivity contribution in [3.05, 3.63) is 86.5 Å². The van der Waals surface area contributed by atoms with Crippen molar-refractivity contribution in [2.24, 2.45) is 5.10 Å². The number of ether oxygens (including phenoxy) is 3. The molecule has 0 spiro atoms. The van der Waals surface area contributed by atoms with Crippen LogP contribution in [0.1, 0.15) is 38.6 Å². The summed E-state index contributed by atoms with van der Waals surface area (Å²) >= 11 is 6.03. The Hall–Kier alpha value is -2.90. The number of rotatable bonds is 12. The van der Waals surface area contributed by atoms with E-state index in [4.69, 9.17) is 14.2 Å². The highest BCUT2D eigenvalue weighted by Crippen LogP contribution is 2.45. The molecule has 3 aromatic carbocycles. The van der Waals surface area contributed by atoms with Crippen molar-refractivity contribution in [1.82, 2.24) is 5.43 Å². The van der Waals surface area contributed by atoms with Crippen LogP contribution in [0.25, 0.3) is 0 Å². The highest BCUT2D eigenvalue weighted by atomic mass is 127. The molecule has 1 fully saturated rings. The maximum Gasteiger partial charge on any atom is 0.335 e. The Kier molecular flexibility index (Phi) is 10.8. The van der Waals surface area contributed by atoms with E-state index < -0.39 is 5.97 Å². The van der Waals surface area contributed by atoms with Crippen LogP contribution in [0.2, 0.25) is 0 Å². The molecular weight excluding hydrogens is 651 g/mol. The van der Waals surface area contributed by atoms with E-state index in [-0.39, 0.29) is 24.7 Å². The van der Waals surface area contributed by atoms with Gasteiger partial charge in [-0.05, 0) is 82.6 Å². The second-order valence-electron chi connectivity index (χ2n) is 8.28. The van der Waals surface area contributed by atoms with Crippen LogP contribution >= 0.6 is 46.1 Å². The van der Waals surface area contributed by atoms with Crippen molar-refractivity contribution in [3.63, 3.8) is 0 Å². The number of carbonyl (C=O) groups excluding carboxylic acids is 1. The fourth-order valence-corrected chi connectivity index (χ4v) is 7.29. The first-order valence-corrected chi connectivity index (χ1v) is 15.3. The lowest BCUT2D eigenvalue weighted by atomic mass is 10.1. The van der Waals surface area contributed by atoms with Crippen LogP contribution in [-0.2, 0) is 11.4 Å². The number of amides is 1. The number of benzene rings is 3. The van der Waals surface area contributed by atoms with Crippen molar-refractivity contribution in [2.45, 2.75) is 18.1 Å². The predicted octanol–water partition coefficient (Wildman–Crippen LogP) is 5.97. The zero-order valence-corrected chi connectivity index (χ0v) is 24.9. The number of hydrogen-bond donors (Lipinski definition) is 2. The molecule has 204 valence electrons. The summed E-state index contributed by atoms with van der Waals surface area (Å²) < 4.78 is 18.6. The number of nitrogens with one attached hydrogen (secondary N) is 1. The Morgan fingerprint density at radius 1 is 1.08 bits per heavy atom. The summed E-state index contributed by atoms with van der Waals surface area (Å²) in [6, 6.07) is 18.1. The lowest BCUT2D eigenvalue weighted by Crippen LogP contribution is -2.24. The molecule has 0 saturated carbocycles. The van der Waals surface area contributed by atoms with Crippen LogP contribution in [-0.4, -0.2) is 47.9 Å². The van der Waals surface area contributed by atoms with Crippen LogP contribution in [0.4, 0.5) is 0 Å². The topological polar surface area (TPSA) is 106 Å². The Balaban J connectivity index is 1.31. The van der Waals surface area contributed by atoms with Crippen molar-refractivity contribution < 1.29 is 28.9 Å². The van der Waals surface area contributed by atoms with Crippen molar-refractivity contribution in [3.8, 4) is 17.2 Å². The van der Waals surface area contributed by atoms with E-state index in [0.717, 1.165) is 9.13 Å². The molecule has 0 radical (unpaired) electrons. The smallest absolute Gasteiger partial charge is 0.335 e. The Bertz CT molecular complexity index is 1330. The van der Waals surface area contributed by atoms with Gasteiger partial charge in [-0.2, -0.15) is 5.10 Å². The fourth-order valence-electron chi connectivity index (χ4n) is 3.65. The maximum atomic E-state index is 12.2. The standard InChI is InChI=1S/C28H27IN2O6S2/c1-2-35-24-14-19(13-23(29)26(24)37-16-18-4-3-5-21(12-18)27(33)34)15-30-31-25(32)17-36-22-8-6-20(7-9-22)28-38-10-11-39-28/h3-9,12-15,28H,2,10-11,16-17H2,1H3,(H,31,32)(H,33,34)/b30-15-. The first-order chi connectivity index (χ1) is 18.9. The molecule has 1 saturated heterocycles. The van der Waals surface area contributed by atoms with Crippen LogP contribution < -0.4 is 19.6 Å². The molecule has 2 N–H and O–H groups in total. The fraction of sp³-hybridized carbons (Fsp3) is 0.250. The quantitative estimate of drug-likeness (QED) is 0.137. The molecule has 1 aliphatic heterocycles. The van der Waals surface area contributed by atoms with Crippen molar-refractivity contribution in [1.29, 1.82) is 0 Å². The van der Waals surface area contributed by atoms with Gasteiger partial charge in [-0.25, -0.2) is 10.2 Å². The van der Waals surface area contributed by atoms with Gasteiger partial charge in [0.25, 0.3) is 5.91 Å². The van der Waals surface area contributed by atoms with Gasteiger partial charge in [-0.1, -0.05) is 24.3 Å². The van der Waals surface area contributed by atoms with Gasteiger partial charge in [0.05, 0.1) is 26.5 Å². The molecule has 1 heterocycles. The van der Waals surface area contributed by atoms with E-state index in [9.17, 15) is 14.7 Å². The van der Waals surface area contributed by atoms with Crippen LogP contribution in [0.3, 0.4) is 0 Å². The summed E-state index contributed by atoms with van der Waals surface area (Å²) in [5, 5.41) is 13.3. The van der Waals surface area contributed by atoms with Crippen molar-refractivity contribution in [2.75, 3.05) is 24.7 Å². The number of halogens is 1. The number of thioether (sulfide) groups is 2. The average Bonchev–Trinajstić information content (AvgIpc) is 3.47. The molecule has 39 heavy (non-hydrogen) atoms. The number of carboxylic acid groups (broad SMARTS) is 1. The third kappa shape index (κ3) is 8.54. The highest BCUT2D eigenvalue weighted by Gasteiger charge is 2.18. The third-order valence-corrected chi connectivity index (χ3v) is 9.34. The molecule has 4 rings (SSSR count). The normalized spacial score (nSPS) is 13.4. The number of nitrogens with zero attached hydrogens (tertiary/aromatic N) is 1. The molecular formula is C28H27IN2O6S2. The minimum Gasteiger partial charge on any atom is -0.490 e. The van der Waals surface area contributed by atoms with Gasteiger partial charge in [0.1, 0.15) is 12.4 Å². The molecule has 0 atom stereocenters. The lowest BCUT2D eigenvalue weighted by Gasteiger charge is -2.15. The number of aromatic carboxylic acids is 1.